The summed E-state index contributed by atoms with van der Waals surface area (Å²) in [5.41, 5.74) is 5.60. The molecule has 1 atom stereocenters. The lowest BCUT2D eigenvalue weighted by atomic mass is 10.2. The minimum Gasteiger partial charge on any atom is -0.368 e. The minimum atomic E-state index is 0.00158. The maximum Gasteiger partial charge on any atom is 0.231 e. The number of aromatic nitrogens is 3. The fraction of sp³-hybridized carbons (Fsp3) is 0.667. The molecule has 20 heavy (non-hydrogen) atoms. The number of hydrogen-bond acceptors (Lipinski definition) is 7. The van der Waals surface area contributed by atoms with Gasteiger partial charge in [-0.05, 0) is 13.3 Å². The monoisotopic (exact) mass is 281 g/mol. The van der Waals surface area contributed by atoms with Crippen LogP contribution >= 0.6 is 0 Å². The van der Waals surface area contributed by atoms with E-state index < -0.39 is 0 Å². The summed E-state index contributed by atoms with van der Waals surface area (Å²) in [6.07, 6.45) is 1.27. The fourth-order valence-corrected chi connectivity index (χ4v) is 1.40. The second-order valence-corrected chi connectivity index (χ2v) is 4.77. The Labute approximate surface area is 119 Å². The first-order valence-corrected chi connectivity index (χ1v) is 6.64. The van der Waals surface area contributed by atoms with Crippen LogP contribution in [-0.4, -0.2) is 47.5 Å². The van der Waals surface area contributed by atoms with Crippen LogP contribution in [0.2, 0.25) is 0 Å². The summed E-state index contributed by atoms with van der Waals surface area (Å²) in [7, 11) is 3.64. The molecule has 0 bridgehead atoms. The van der Waals surface area contributed by atoms with Crippen LogP contribution in [0, 0.1) is 0 Å². The Morgan fingerprint density at radius 1 is 1.35 bits per heavy atom. The number of nitrogens with two attached hydrogens (primary N) is 1. The van der Waals surface area contributed by atoms with Crippen LogP contribution in [0.5, 0.6) is 0 Å². The lowest BCUT2D eigenvalue weighted by Gasteiger charge is -2.13. The number of hydrogen-bond donors (Lipinski definition) is 3. The average Bonchev–Trinajstić information content (AvgIpc) is 2.37. The first kappa shape index (κ1) is 15.9. The Morgan fingerprint density at radius 2 is 2.05 bits per heavy atom. The minimum absolute atomic E-state index is 0.00158. The quantitative estimate of drug-likeness (QED) is 0.656. The zero-order valence-electron chi connectivity index (χ0n) is 12.5. The first-order valence-electron chi connectivity index (χ1n) is 6.64. The van der Waals surface area contributed by atoms with Crippen molar-refractivity contribution in [3.8, 4) is 0 Å². The third kappa shape index (κ3) is 5.25. The molecule has 0 aliphatic rings. The molecule has 8 nitrogen and oxygen atoms in total. The van der Waals surface area contributed by atoms with Crippen LogP contribution < -0.4 is 21.3 Å². The molecule has 0 fully saturated rings. The SMILES string of the molecule is CCC(C)NC(=O)CCNc1nc(N)nc(N(C)C)n1. The molecule has 1 amide bonds. The highest BCUT2D eigenvalue weighted by Gasteiger charge is 2.08. The Morgan fingerprint density at radius 3 is 2.65 bits per heavy atom. The van der Waals surface area contributed by atoms with Gasteiger partial charge in [-0.1, -0.05) is 6.92 Å². The number of carbonyl (C=O) groups excluding carboxylic acids is 1. The van der Waals surface area contributed by atoms with Gasteiger partial charge in [0.25, 0.3) is 0 Å². The van der Waals surface area contributed by atoms with E-state index in [0.717, 1.165) is 6.42 Å². The standard InChI is InChI=1S/C12H23N7O/c1-5-8(2)15-9(20)6-7-14-11-16-10(13)17-12(18-11)19(3)4/h8H,5-7H2,1-4H3,(H,15,20)(H3,13,14,16,17,18). The Bertz CT molecular complexity index is 449. The van der Waals surface area contributed by atoms with E-state index in [-0.39, 0.29) is 17.9 Å². The molecule has 112 valence electrons. The number of nitrogens with zero attached hydrogens (tertiary/aromatic N) is 4. The molecule has 1 aromatic rings. The van der Waals surface area contributed by atoms with Crippen LogP contribution in [-0.2, 0) is 4.79 Å². The van der Waals surface area contributed by atoms with Crippen molar-refractivity contribution in [3.05, 3.63) is 0 Å². The number of nitrogen functional groups attached to an aromatic ring is 1. The van der Waals surface area contributed by atoms with E-state index in [4.69, 9.17) is 5.73 Å². The molecule has 0 radical (unpaired) electrons. The fourth-order valence-electron chi connectivity index (χ4n) is 1.40. The molecule has 0 saturated carbocycles. The smallest absolute Gasteiger partial charge is 0.231 e. The van der Waals surface area contributed by atoms with Crippen LogP contribution in [0.25, 0.3) is 0 Å². The third-order valence-corrected chi connectivity index (χ3v) is 2.70. The van der Waals surface area contributed by atoms with Crippen LogP contribution in [0.1, 0.15) is 26.7 Å². The van der Waals surface area contributed by atoms with Crippen molar-refractivity contribution in [2.45, 2.75) is 32.7 Å². The molecule has 1 rings (SSSR count). The summed E-state index contributed by atoms with van der Waals surface area (Å²) >= 11 is 0. The van der Waals surface area contributed by atoms with Gasteiger partial charge in [0.2, 0.25) is 23.8 Å². The van der Waals surface area contributed by atoms with Crippen LogP contribution in [0.15, 0.2) is 0 Å². The third-order valence-electron chi connectivity index (χ3n) is 2.70. The van der Waals surface area contributed by atoms with Gasteiger partial charge < -0.3 is 21.3 Å². The number of anilines is 3. The van der Waals surface area contributed by atoms with Crippen molar-refractivity contribution in [3.63, 3.8) is 0 Å². The lowest BCUT2D eigenvalue weighted by molar-refractivity contribution is -0.121. The maximum absolute atomic E-state index is 11.6. The zero-order chi connectivity index (χ0) is 15.1. The highest BCUT2D eigenvalue weighted by Crippen LogP contribution is 2.08. The largest absolute Gasteiger partial charge is 0.368 e. The summed E-state index contributed by atoms with van der Waals surface area (Å²) < 4.78 is 0. The molecule has 0 aliphatic heterocycles. The predicted octanol–water partition coefficient (Wildman–Crippen LogP) is 0.237. The summed E-state index contributed by atoms with van der Waals surface area (Å²) in [5.74, 6) is 0.999. The van der Waals surface area contributed by atoms with E-state index in [1.807, 2.05) is 27.9 Å². The van der Waals surface area contributed by atoms with E-state index in [1.165, 1.54) is 0 Å². The van der Waals surface area contributed by atoms with Crippen molar-refractivity contribution in [1.82, 2.24) is 20.3 Å². The Balaban J connectivity index is 2.48. The van der Waals surface area contributed by atoms with E-state index in [1.54, 1.807) is 4.90 Å². The van der Waals surface area contributed by atoms with E-state index in [2.05, 4.69) is 25.6 Å². The summed E-state index contributed by atoms with van der Waals surface area (Å²) in [6.45, 7) is 4.44. The maximum atomic E-state index is 11.6. The normalized spacial score (nSPS) is 11.8. The molecule has 1 unspecified atom stereocenters. The summed E-state index contributed by atoms with van der Waals surface area (Å²) in [6, 6.07) is 0.190. The molecule has 8 heteroatoms. The van der Waals surface area contributed by atoms with Crippen molar-refractivity contribution >= 4 is 23.8 Å². The Hall–Kier alpha value is -2.12. The molecular weight excluding hydrogens is 258 g/mol. The van der Waals surface area contributed by atoms with Gasteiger partial charge in [-0.15, -0.1) is 0 Å². The van der Waals surface area contributed by atoms with Crippen molar-refractivity contribution in [2.75, 3.05) is 36.6 Å². The highest BCUT2D eigenvalue weighted by molar-refractivity contribution is 5.76. The summed E-state index contributed by atoms with van der Waals surface area (Å²) in [4.78, 5) is 25.5. The van der Waals surface area contributed by atoms with Crippen molar-refractivity contribution in [2.24, 2.45) is 0 Å². The van der Waals surface area contributed by atoms with Gasteiger partial charge in [0.1, 0.15) is 0 Å². The molecule has 0 saturated heterocycles. The van der Waals surface area contributed by atoms with Crippen LogP contribution in [0.4, 0.5) is 17.8 Å². The second kappa shape index (κ2) is 7.46. The molecule has 1 heterocycles. The second-order valence-electron chi connectivity index (χ2n) is 4.77. The lowest BCUT2D eigenvalue weighted by Crippen LogP contribution is -2.33. The van der Waals surface area contributed by atoms with Gasteiger partial charge in [-0.3, -0.25) is 4.79 Å². The van der Waals surface area contributed by atoms with Gasteiger partial charge in [-0.25, -0.2) is 0 Å². The topological polar surface area (TPSA) is 109 Å². The average molecular weight is 281 g/mol. The van der Waals surface area contributed by atoms with Crippen LogP contribution in [0.3, 0.4) is 0 Å². The Kier molecular flexibility index (Phi) is 5.95. The number of carbonyl (C=O) groups is 1. The molecule has 0 spiro atoms. The van der Waals surface area contributed by atoms with Crippen molar-refractivity contribution in [1.29, 1.82) is 0 Å². The van der Waals surface area contributed by atoms with E-state index >= 15 is 0 Å². The highest BCUT2D eigenvalue weighted by atomic mass is 16.1. The molecular formula is C12H23N7O. The zero-order valence-corrected chi connectivity index (χ0v) is 12.5. The molecule has 4 N–H and O–H groups in total. The predicted molar refractivity (Wildman–Crippen MR) is 79.6 cm³/mol. The number of amides is 1. The van der Waals surface area contributed by atoms with Gasteiger partial charge in [-0.2, -0.15) is 15.0 Å². The van der Waals surface area contributed by atoms with E-state index in [9.17, 15) is 4.79 Å². The van der Waals surface area contributed by atoms with Crippen molar-refractivity contribution < 1.29 is 4.79 Å². The number of nitrogens with one attached hydrogen (secondary N) is 2. The number of rotatable bonds is 7. The first-order chi connectivity index (χ1) is 9.42. The molecule has 0 aliphatic carbocycles. The molecule has 0 aromatic carbocycles. The van der Waals surface area contributed by atoms with Gasteiger partial charge >= 0.3 is 0 Å². The summed E-state index contributed by atoms with van der Waals surface area (Å²) in [5, 5.41) is 5.86. The molecule has 1 aromatic heterocycles. The van der Waals surface area contributed by atoms with Gasteiger partial charge in [0, 0.05) is 33.1 Å². The van der Waals surface area contributed by atoms with Gasteiger partial charge in [0.05, 0.1) is 0 Å². The van der Waals surface area contributed by atoms with E-state index in [0.29, 0.717) is 24.9 Å². The van der Waals surface area contributed by atoms with Gasteiger partial charge in [0.15, 0.2) is 0 Å².